The Balaban J connectivity index is 1.99. The molecule has 0 aliphatic rings. The molecule has 0 bridgehead atoms. The summed E-state index contributed by atoms with van der Waals surface area (Å²) >= 11 is 1.54. The average Bonchev–Trinajstić information content (AvgIpc) is 2.98. The minimum atomic E-state index is 0.847. The maximum absolute atomic E-state index is 4.57. The number of aryl methyl sites for hydroxylation is 1. The van der Waals surface area contributed by atoms with Crippen LogP contribution in [0, 0.1) is 0 Å². The molecule has 0 aliphatic carbocycles. The molecule has 0 spiro atoms. The molecule has 3 aromatic rings. The van der Waals surface area contributed by atoms with Crippen molar-refractivity contribution in [2.24, 2.45) is 0 Å². The Morgan fingerprint density at radius 1 is 1.33 bits per heavy atom. The Bertz CT molecular complexity index is 643. The van der Waals surface area contributed by atoms with Gasteiger partial charge in [0, 0.05) is 24.4 Å². The van der Waals surface area contributed by atoms with E-state index in [-0.39, 0.29) is 0 Å². The number of fused-ring (bicyclic) bond motifs is 1. The van der Waals surface area contributed by atoms with Crippen molar-refractivity contribution in [1.29, 1.82) is 0 Å². The molecule has 0 aromatic carbocycles. The van der Waals surface area contributed by atoms with E-state index in [2.05, 4.69) is 27.2 Å². The van der Waals surface area contributed by atoms with Crippen molar-refractivity contribution in [3.8, 4) is 10.6 Å². The summed E-state index contributed by atoms with van der Waals surface area (Å²) < 4.78 is 1.85. The molecule has 0 N–H and O–H groups in total. The van der Waals surface area contributed by atoms with E-state index >= 15 is 0 Å². The van der Waals surface area contributed by atoms with Crippen LogP contribution in [0.3, 0.4) is 0 Å². The zero-order chi connectivity index (χ0) is 12.4. The molecule has 0 amide bonds. The number of unbranched alkanes of at least 4 members (excludes halogenated alkanes) is 1. The molecule has 5 nitrogen and oxygen atoms in total. The van der Waals surface area contributed by atoms with E-state index in [1.807, 2.05) is 22.8 Å². The largest absolute Gasteiger partial charge is 0.264 e. The lowest BCUT2D eigenvalue weighted by molar-refractivity contribution is 0.723. The maximum Gasteiger partial charge on any atom is 0.234 e. The Hall–Kier alpha value is -1.82. The fourth-order valence-corrected chi connectivity index (χ4v) is 2.60. The molecular weight excluding hydrogens is 246 g/mol. The summed E-state index contributed by atoms with van der Waals surface area (Å²) in [6, 6.07) is 3.92. The second-order valence-electron chi connectivity index (χ2n) is 4.06. The van der Waals surface area contributed by atoms with Gasteiger partial charge >= 0.3 is 0 Å². The predicted molar refractivity (Wildman–Crippen MR) is 70.5 cm³/mol. The van der Waals surface area contributed by atoms with Crippen molar-refractivity contribution in [2.75, 3.05) is 0 Å². The third-order valence-corrected chi connectivity index (χ3v) is 3.67. The molecular formula is C12H13N5S. The smallest absolute Gasteiger partial charge is 0.234 e. The number of nitrogens with zero attached hydrogens (tertiary/aromatic N) is 5. The molecule has 3 aromatic heterocycles. The summed E-state index contributed by atoms with van der Waals surface area (Å²) in [5, 5.41) is 13.8. The highest BCUT2D eigenvalue weighted by Gasteiger charge is 2.12. The molecule has 18 heavy (non-hydrogen) atoms. The third-order valence-electron chi connectivity index (χ3n) is 2.72. The van der Waals surface area contributed by atoms with Gasteiger partial charge in [0.1, 0.15) is 5.01 Å². The zero-order valence-corrected chi connectivity index (χ0v) is 10.9. The zero-order valence-electron chi connectivity index (χ0n) is 10.1. The highest BCUT2D eigenvalue weighted by atomic mass is 32.1. The molecule has 0 saturated carbocycles. The number of hydrogen-bond acceptors (Lipinski definition) is 5. The Morgan fingerprint density at radius 3 is 3.06 bits per heavy atom. The standard InChI is InChI=1S/C12H13N5S/c1-2-3-6-10-14-15-12-17(10)16-11(18-12)9-5-4-7-13-8-9/h4-5,7-8H,2-3,6H2,1H3. The lowest BCUT2D eigenvalue weighted by atomic mass is 10.2. The second-order valence-corrected chi connectivity index (χ2v) is 5.02. The van der Waals surface area contributed by atoms with Crippen molar-refractivity contribution < 1.29 is 0 Å². The van der Waals surface area contributed by atoms with Crippen LogP contribution in [-0.4, -0.2) is 24.8 Å². The Morgan fingerprint density at radius 2 is 2.28 bits per heavy atom. The summed E-state index contributed by atoms with van der Waals surface area (Å²) in [6.45, 7) is 2.17. The van der Waals surface area contributed by atoms with E-state index in [0.29, 0.717) is 0 Å². The van der Waals surface area contributed by atoms with Crippen LogP contribution in [0.4, 0.5) is 0 Å². The summed E-state index contributed by atoms with van der Waals surface area (Å²) in [5.41, 5.74) is 1.02. The monoisotopic (exact) mass is 259 g/mol. The second kappa shape index (κ2) is 4.81. The lowest BCUT2D eigenvalue weighted by Gasteiger charge is -1.94. The molecule has 0 unspecified atom stereocenters. The molecule has 3 rings (SSSR count). The third kappa shape index (κ3) is 1.99. The highest BCUT2D eigenvalue weighted by Crippen LogP contribution is 2.24. The van der Waals surface area contributed by atoms with Crippen LogP contribution in [0.5, 0.6) is 0 Å². The van der Waals surface area contributed by atoms with E-state index < -0.39 is 0 Å². The summed E-state index contributed by atoms with van der Waals surface area (Å²) in [5.74, 6) is 0.943. The first kappa shape index (κ1) is 11.3. The van der Waals surface area contributed by atoms with Crippen LogP contribution in [0.1, 0.15) is 25.6 Å². The minimum Gasteiger partial charge on any atom is -0.264 e. The van der Waals surface area contributed by atoms with Gasteiger partial charge in [0.05, 0.1) is 0 Å². The SMILES string of the molecule is CCCCc1nnc2sc(-c3cccnc3)nn12. The molecule has 0 atom stereocenters. The van der Waals surface area contributed by atoms with E-state index in [9.17, 15) is 0 Å². The molecule has 0 fully saturated rings. The summed E-state index contributed by atoms with van der Waals surface area (Å²) in [7, 11) is 0. The quantitative estimate of drug-likeness (QED) is 0.722. The van der Waals surface area contributed by atoms with Crippen molar-refractivity contribution in [3.63, 3.8) is 0 Å². The highest BCUT2D eigenvalue weighted by molar-refractivity contribution is 7.19. The van der Waals surface area contributed by atoms with E-state index in [4.69, 9.17) is 0 Å². The van der Waals surface area contributed by atoms with Crippen LogP contribution in [0.2, 0.25) is 0 Å². The number of rotatable bonds is 4. The van der Waals surface area contributed by atoms with Gasteiger partial charge < -0.3 is 0 Å². The van der Waals surface area contributed by atoms with Crippen LogP contribution >= 0.6 is 11.3 Å². The first-order valence-corrected chi connectivity index (χ1v) is 6.81. The van der Waals surface area contributed by atoms with Gasteiger partial charge in [-0.1, -0.05) is 24.7 Å². The maximum atomic E-state index is 4.57. The van der Waals surface area contributed by atoms with Crippen molar-refractivity contribution in [2.45, 2.75) is 26.2 Å². The summed E-state index contributed by atoms with van der Waals surface area (Å²) in [6.07, 6.45) is 6.76. The molecule has 6 heteroatoms. The van der Waals surface area contributed by atoms with E-state index in [0.717, 1.165) is 40.6 Å². The number of hydrogen-bond donors (Lipinski definition) is 0. The van der Waals surface area contributed by atoms with E-state index in [1.165, 1.54) is 0 Å². The molecule has 3 heterocycles. The summed E-state index contributed by atoms with van der Waals surface area (Å²) in [4.78, 5) is 4.96. The average molecular weight is 259 g/mol. The van der Waals surface area contributed by atoms with Gasteiger partial charge in [-0.3, -0.25) is 4.98 Å². The molecule has 0 saturated heterocycles. The fraction of sp³-hybridized carbons (Fsp3) is 0.333. The van der Waals surface area contributed by atoms with Gasteiger partial charge in [0.25, 0.3) is 0 Å². The van der Waals surface area contributed by atoms with Crippen molar-refractivity contribution >= 4 is 16.3 Å². The van der Waals surface area contributed by atoms with Crippen molar-refractivity contribution in [1.82, 2.24) is 24.8 Å². The predicted octanol–water partition coefficient (Wildman–Crippen LogP) is 2.59. The van der Waals surface area contributed by atoms with Gasteiger partial charge in [-0.05, 0) is 18.6 Å². The fourth-order valence-electron chi connectivity index (χ4n) is 1.75. The van der Waals surface area contributed by atoms with Gasteiger partial charge in [-0.25, -0.2) is 0 Å². The van der Waals surface area contributed by atoms with Gasteiger partial charge in [0.15, 0.2) is 5.82 Å². The Kier molecular flexibility index (Phi) is 3.02. The molecule has 0 aliphatic heterocycles. The van der Waals surface area contributed by atoms with Gasteiger partial charge in [-0.15, -0.1) is 10.2 Å². The normalized spacial score (nSPS) is 11.2. The van der Waals surface area contributed by atoms with Crippen LogP contribution in [0.15, 0.2) is 24.5 Å². The minimum absolute atomic E-state index is 0.847. The van der Waals surface area contributed by atoms with Crippen LogP contribution < -0.4 is 0 Å². The van der Waals surface area contributed by atoms with Gasteiger partial charge in [-0.2, -0.15) is 9.61 Å². The first-order chi connectivity index (χ1) is 8.88. The van der Waals surface area contributed by atoms with E-state index in [1.54, 1.807) is 17.5 Å². The molecule has 92 valence electrons. The number of aromatic nitrogens is 5. The first-order valence-electron chi connectivity index (χ1n) is 6.00. The number of pyridine rings is 1. The topological polar surface area (TPSA) is 56.0 Å². The molecule has 0 radical (unpaired) electrons. The van der Waals surface area contributed by atoms with Crippen LogP contribution in [0.25, 0.3) is 15.5 Å². The van der Waals surface area contributed by atoms with Gasteiger partial charge in [0.2, 0.25) is 4.96 Å². The lowest BCUT2D eigenvalue weighted by Crippen LogP contribution is -1.96. The Labute approximate surface area is 109 Å². The van der Waals surface area contributed by atoms with Crippen LogP contribution in [-0.2, 0) is 6.42 Å². The van der Waals surface area contributed by atoms with Crippen molar-refractivity contribution in [3.05, 3.63) is 30.4 Å².